The van der Waals surface area contributed by atoms with Gasteiger partial charge in [-0.05, 0) is 44.0 Å². The number of hydrogen-bond acceptors (Lipinski definition) is 5. The molecule has 2 aromatic rings. The lowest BCUT2D eigenvalue weighted by Crippen LogP contribution is -2.48. The summed E-state index contributed by atoms with van der Waals surface area (Å²) in [6.45, 7) is 8.79. The van der Waals surface area contributed by atoms with Crippen molar-refractivity contribution < 1.29 is 9.53 Å². The number of nitrogens with zero attached hydrogens (tertiary/aromatic N) is 3. The molecule has 1 saturated heterocycles. The molecule has 0 unspecified atom stereocenters. The Morgan fingerprint density at radius 3 is 2.70 bits per heavy atom. The molecule has 1 amide bonds. The van der Waals surface area contributed by atoms with Crippen molar-refractivity contribution in [2.24, 2.45) is 0 Å². The van der Waals surface area contributed by atoms with Crippen molar-refractivity contribution in [3.8, 4) is 5.75 Å². The van der Waals surface area contributed by atoms with E-state index < -0.39 is 0 Å². The predicted molar refractivity (Wildman–Crippen MR) is 110 cm³/mol. The molecule has 1 aromatic heterocycles. The number of carbonyl (C=O) groups is 1. The van der Waals surface area contributed by atoms with Gasteiger partial charge in [-0.2, -0.15) is 0 Å². The molecule has 1 fully saturated rings. The maximum atomic E-state index is 12.4. The molecule has 1 aliphatic heterocycles. The van der Waals surface area contributed by atoms with Crippen molar-refractivity contribution in [3.05, 3.63) is 44.9 Å². The molecule has 146 valence electrons. The summed E-state index contributed by atoms with van der Waals surface area (Å²) in [5.74, 6) is 1.02. The van der Waals surface area contributed by atoms with Crippen molar-refractivity contribution in [3.63, 3.8) is 0 Å². The second-order valence-electron chi connectivity index (χ2n) is 6.88. The van der Waals surface area contributed by atoms with Crippen LogP contribution in [-0.4, -0.2) is 53.5 Å². The van der Waals surface area contributed by atoms with E-state index in [9.17, 15) is 4.79 Å². The number of halogens is 1. The number of piperazine rings is 1. The molecule has 3 rings (SSSR count). The summed E-state index contributed by atoms with van der Waals surface area (Å²) in [7, 11) is 0. The number of thiazole rings is 1. The van der Waals surface area contributed by atoms with Crippen LogP contribution < -0.4 is 4.74 Å². The molecule has 2 heterocycles. The van der Waals surface area contributed by atoms with Gasteiger partial charge >= 0.3 is 0 Å². The standard InChI is InChI=1S/C20H26ClN3O2S/c1-15-12-18(5-6-19(15)21)26-11-3-4-20(25)24-9-7-23(8-10-24)13-17-14-27-16(2)22-17/h5-6,12,14H,3-4,7-11,13H2,1-2H3. The summed E-state index contributed by atoms with van der Waals surface area (Å²) in [5, 5.41) is 3.96. The van der Waals surface area contributed by atoms with Crippen LogP contribution in [0, 0.1) is 13.8 Å². The third-order valence-electron chi connectivity index (χ3n) is 4.71. The van der Waals surface area contributed by atoms with Gasteiger partial charge in [0.2, 0.25) is 5.91 Å². The third kappa shape index (κ3) is 5.92. The Balaban J connectivity index is 1.34. The molecule has 27 heavy (non-hydrogen) atoms. The topological polar surface area (TPSA) is 45.7 Å². The molecular weight excluding hydrogens is 382 g/mol. The average Bonchev–Trinajstić information content (AvgIpc) is 3.07. The molecule has 0 atom stereocenters. The number of hydrogen-bond donors (Lipinski definition) is 0. The largest absolute Gasteiger partial charge is 0.494 e. The minimum atomic E-state index is 0.218. The van der Waals surface area contributed by atoms with E-state index >= 15 is 0 Å². The highest BCUT2D eigenvalue weighted by molar-refractivity contribution is 7.09. The normalized spacial score (nSPS) is 15.1. The number of aryl methyl sites for hydroxylation is 2. The zero-order chi connectivity index (χ0) is 19.2. The van der Waals surface area contributed by atoms with E-state index in [1.165, 1.54) is 0 Å². The van der Waals surface area contributed by atoms with Crippen molar-refractivity contribution >= 4 is 28.8 Å². The SMILES string of the molecule is Cc1nc(CN2CCN(C(=O)CCCOc3ccc(Cl)c(C)c3)CC2)cs1. The molecular formula is C20H26ClN3O2S. The van der Waals surface area contributed by atoms with Gasteiger partial charge in [0.05, 0.1) is 17.3 Å². The Kier molecular flexibility index (Phi) is 7.10. The number of aromatic nitrogens is 1. The summed E-state index contributed by atoms with van der Waals surface area (Å²) >= 11 is 7.70. The smallest absolute Gasteiger partial charge is 0.222 e. The van der Waals surface area contributed by atoms with Gasteiger partial charge in [0.15, 0.2) is 0 Å². The summed E-state index contributed by atoms with van der Waals surface area (Å²) in [6.07, 6.45) is 1.25. The molecule has 1 aliphatic rings. The van der Waals surface area contributed by atoms with Gasteiger partial charge < -0.3 is 9.64 Å². The highest BCUT2D eigenvalue weighted by Crippen LogP contribution is 2.21. The zero-order valence-corrected chi connectivity index (χ0v) is 17.5. The van der Waals surface area contributed by atoms with Crippen LogP contribution in [0.4, 0.5) is 0 Å². The Morgan fingerprint density at radius 2 is 2.04 bits per heavy atom. The Morgan fingerprint density at radius 1 is 1.26 bits per heavy atom. The van der Waals surface area contributed by atoms with Crippen LogP contribution >= 0.6 is 22.9 Å². The van der Waals surface area contributed by atoms with Gasteiger partial charge in [-0.3, -0.25) is 9.69 Å². The van der Waals surface area contributed by atoms with E-state index in [1.54, 1.807) is 11.3 Å². The van der Waals surface area contributed by atoms with E-state index in [4.69, 9.17) is 16.3 Å². The van der Waals surface area contributed by atoms with Crippen LogP contribution in [-0.2, 0) is 11.3 Å². The average molecular weight is 408 g/mol. The van der Waals surface area contributed by atoms with E-state index in [2.05, 4.69) is 15.3 Å². The van der Waals surface area contributed by atoms with Gasteiger partial charge in [-0.1, -0.05) is 11.6 Å². The maximum Gasteiger partial charge on any atom is 0.222 e. The van der Waals surface area contributed by atoms with Crippen molar-refractivity contribution in [1.29, 1.82) is 0 Å². The number of rotatable bonds is 7. The molecule has 0 spiro atoms. The number of benzene rings is 1. The Labute approximate surface area is 169 Å². The second kappa shape index (κ2) is 9.53. The summed E-state index contributed by atoms with van der Waals surface area (Å²) in [5.41, 5.74) is 2.13. The van der Waals surface area contributed by atoms with E-state index in [0.29, 0.717) is 13.0 Å². The summed E-state index contributed by atoms with van der Waals surface area (Å²) < 4.78 is 5.72. The monoisotopic (exact) mass is 407 g/mol. The highest BCUT2D eigenvalue weighted by atomic mass is 35.5. The minimum absolute atomic E-state index is 0.218. The molecule has 5 nitrogen and oxygen atoms in total. The Bertz CT molecular complexity index is 772. The van der Waals surface area contributed by atoms with Crippen LogP contribution in [0.15, 0.2) is 23.6 Å². The third-order valence-corrected chi connectivity index (χ3v) is 5.96. The predicted octanol–water partition coefficient (Wildman–Crippen LogP) is 3.92. The summed E-state index contributed by atoms with van der Waals surface area (Å²) in [4.78, 5) is 21.3. The first-order chi connectivity index (χ1) is 13.0. The van der Waals surface area contributed by atoms with Gasteiger partial charge in [0, 0.05) is 49.5 Å². The van der Waals surface area contributed by atoms with Gasteiger partial charge in [-0.25, -0.2) is 4.98 Å². The molecule has 0 bridgehead atoms. The van der Waals surface area contributed by atoms with Crippen LogP contribution in [0.25, 0.3) is 0 Å². The lowest BCUT2D eigenvalue weighted by molar-refractivity contribution is -0.133. The first-order valence-electron chi connectivity index (χ1n) is 9.31. The molecule has 7 heteroatoms. The van der Waals surface area contributed by atoms with Crippen LogP contribution in [0.3, 0.4) is 0 Å². The Hall–Kier alpha value is -1.63. The fraction of sp³-hybridized carbons (Fsp3) is 0.500. The van der Waals surface area contributed by atoms with E-state index in [-0.39, 0.29) is 5.91 Å². The molecule has 0 saturated carbocycles. The van der Waals surface area contributed by atoms with Crippen LogP contribution in [0.1, 0.15) is 29.1 Å². The van der Waals surface area contributed by atoms with Gasteiger partial charge in [-0.15, -0.1) is 11.3 Å². The second-order valence-corrected chi connectivity index (χ2v) is 8.35. The highest BCUT2D eigenvalue weighted by Gasteiger charge is 2.21. The van der Waals surface area contributed by atoms with E-state index in [1.807, 2.05) is 36.9 Å². The molecule has 0 aliphatic carbocycles. The first-order valence-corrected chi connectivity index (χ1v) is 10.6. The number of ether oxygens (including phenoxy) is 1. The number of carbonyl (C=O) groups excluding carboxylic acids is 1. The molecule has 0 radical (unpaired) electrons. The first kappa shape index (κ1) is 20.1. The van der Waals surface area contributed by atoms with E-state index in [0.717, 1.165) is 66.2 Å². The van der Waals surface area contributed by atoms with Gasteiger partial charge in [0.1, 0.15) is 5.75 Å². The minimum Gasteiger partial charge on any atom is -0.494 e. The fourth-order valence-electron chi connectivity index (χ4n) is 3.14. The quantitative estimate of drug-likeness (QED) is 0.652. The zero-order valence-electron chi connectivity index (χ0n) is 15.9. The molecule has 0 N–H and O–H groups in total. The lowest BCUT2D eigenvalue weighted by atomic mass is 10.2. The fourth-order valence-corrected chi connectivity index (χ4v) is 3.87. The number of amides is 1. The molecule has 1 aromatic carbocycles. The van der Waals surface area contributed by atoms with Crippen LogP contribution in [0.5, 0.6) is 5.75 Å². The lowest BCUT2D eigenvalue weighted by Gasteiger charge is -2.34. The van der Waals surface area contributed by atoms with Crippen LogP contribution in [0.2, 0.25) is 5.02 Å². The van der Waals surface area contributed by atoms with Crippen molar-refractivity contribution in [2.45, 2.75) is 33.2 Å². The summed E-state index contributed by atoms with van der Waals surface area (Å²) in [6, 6.07) is 5.62. The van der Waals surface area contributed by atoms with Gasteiger partial charge in [0.25, 0.3) is 0 Å². The van der Waals surface area contributed by atoms with Crippen molar-refractivity contribution in [2.75, 3.05) is 32.8 Å². The van der Waals surface area contributed by atoms with Crippen molar-refractivity contribution in [1.82, 2.24) is 14.8 Å². The maximum absolute atomic E-state index is 12.4.